The Balaban J connectivity index is 1.78. The van der Waals surface area contributed by atoms with Gasteiger partial charge < -0.3 is 15.0 Å². The number of hydrogen-bond donors (Lipinski definition) is 1. The van der Waals surface area contributed by atoms with Crippen LogP contribution >= 0.6 is 11.6 Å². The Morgan fingerprint density at radius 1 is 0.891 bits per heavy atom. The number of halogens is 1. The zero-order valence-electron chi connectivity index (χ0n) is 26.4. The minimum Gasteiger partial charge on any atom is -0.497 e. The fraction of sp³-hybridized carbons (Fsp3) is 0.278. The lowest BCUT2D eigenvalue weighted by Gasteiger charge is -2.34. The van der Waals surface area contributed by atoms with Gasteiger partial charge in [-0.2, -0.15) is 0 Å². The summed E-state index contributed by atoms with van der Waals surface area (Å²) in [5, 5.41) is 3.31. The van der Waals surface area contributed by atoms with Crippen LogP contribution < -0.4 is 14.4 Å². The Labute approximate surface area is 277 Å². The lowest BCUT2D eigenvalue weighted by Crippen LogP contribution is -2.53. The van der Waals surface area contributed by atoms with Crippen LogP contribution in [0.2, 0.25) is 5.02 Å². The molecule has 10 heteroatoms. The average Bonchev–Trinajstić information content (AvgIpc) is 3.06. The maximum Gasteiger partial charge on any atom is 0.264 e. The standard InChI is InChI=1S/C36H40ClN3O5S/c1-4-5-22-38-36(42)34(23-28-10-7-6-8-11-28)39(25-29-16-14-27(2)15-17-29)35(41)26-40(31-13-9-12-30(37)24-31)46(43,44)33-20-18-32(45-3)19-21-33/h6-21,24,34H,4-5,22-23,25-26H2,1-3H3,(H,38,42). The van der Waals surface area contributed by atoms with Crippen LogP contribution in [-0.4, -0.2) is 51.4 Å². The Kier molecular flexibility index (Phi) is 12.2. The highest BCUT2D eigenvalue weighted by molar-refractivity contribution is 7.92. The molecule has 1 N–H and O–H groups in total. The summed E-state index contributed by atoms with van der Waals surface area (Å²) < 4.78 is 34.6. The third kappa shape index (κ3) is 9.11. The number of ether oxygens (including phenoxy) is 1. The molecule has 46 heavy (non-hydrogen) atoms. The summed E-state index contributed by atoms with van der Waals surface area (Å²) in [4.78, 5) is 29.8. The molecule has 4 rings (SSSR count). The quantitative estimate of drug-likeness (QED) is 0.149. The summed E-state index contributed by atoms with van der Waals surface area (Å²) in [5.41, 5.74) is 2.96. The van der Waals surface area contributed by atoms with Gasteiger partial charge >= 0.3 is 0 Å². The summed E-state index contributed by atoms with van der Waals surface area (Å²) in [7, 11) is -2.76. The van der Waals surface area contributed by atoms with Crippen LogP contribution in [0.5, 0.6) is 5.75 Å². The van der Waals surface area contributed by atoms with Crippen molar-refractivity contribution in [2.45, 2.75) is 50.6 Å². The molecule has 0 saturated heterocycles. The lowest BCUT2D eigenvalue weighted by atomic mass is 10.0. The van der Waals surface area contributed by atoms with Crippen LogP contribution in [0.15, 0.2) is 108 Å². The van der Waals surface area contributed by atoms with Gasteiger partial charge in [0.15, 0.2) is 0 Å². The predicted octanol–water partition coefficient (Wildman–Crippen LogP) is 6.41. The van der Waals surface area contributed by atoms with E-state index in [1.807, 2.05) is 68.4 Å². The van der Waals surface area contributed by atoms with Gasteiger partial charge in [0.1, 0.15) is 18.3 Å². The Morgan fingerprint density at radius 3 is 2.22 bits per heavy atom. The van der Waals surface area contributed by atoms with E-state index in [9.17, 15) is 18.0 Å². The smallest absolute Gasteiger partial charge is 0.264 e. The molecule has 4 aromatic carbocycles. The van der Waals surface area contributed by atoms with Crippen molar-refractivity contribution in [1.82, 2.24) is 10.2 Å². The second-order valence-electron chi connectivity index (χ2n) is 11.0. The normalized spacial score (nSPS) is 11.8. The largest absolute Gasteiger partial charge is 0.497 e. The van der Waals surface area contributed by atoms with E-state index < -0.39 is 28.5 Å². The van der Waals surface area contributed by atoms with Gasteiger partial charge in [0, 0.05) is 24.5 Å². The molecule has 0 spiro atoms. The summed E-state index contributed by atoms with van der Waals surface area (Å²) in [6, 6.07) is 28.6. The van der Waals surface area contributed by atoms with Gasteiger partial charge in [-0.15, -0.1) is 0 Å². The number of carbonyl (C=O) groups excluding carboxylic acids is 2. The first kappa shape index (κ1) is 34.5. The zero-order valence-corrected chi connectivity index (χ0v) is 27.9. The molecule has 1 unspecified atom stereocenters. The highest BCUT2D eigenvalue weighted by Crippen LogP contribution is 2.28. The van der Waals surface area contributed by atoms with Crippen molar-refractivity contribution < 1.29 is 22.7 Å². The number of carbonyl (C=O) groups is 2. The van der Waals surface area contributed by atoms with E-state index in [1.165, 1.54) is 30.2 Å². The van der Waals surface area contributed by atoms with E-state index in [0.29, 0.717) is 17.3 Å². The number of hydrogen-bond acceptors (Lipinski definition) is 5. The van der Waals surface area contributed by atoms with Crippen molar-refractivity contribution in [2.75, 3.05) is 24.5 Å². The second-order valence-corrected chi connectivity index (χ2v) is 13.3. The third-order valence-corrected chi connectivity index (χ3v) is 9.62. The van der Waals surface area contributed by atoms with Crippen molar-refractivity contribution in [3.8, 4) is 5.75 Å². The van der Waals surface area contributed by atoms with Gasteiger partial charge in [0.25, 0.3) is 10.0 Å². The number of sulfonamides is 1. The van der Waals surface area contributed by atoms with E-state index in [1.54, 1.807) is 30.3 Å². The van der Waals surface area contributed by atoms with Crippen LogP contribution in [0, 0.1) is 6.92 Å². The molecule has 0 bridgehead atoms. The fourth-order valence-corrected chi connectivity index (χ4v) is 6.58. The molecule has 242 valence electrons. The van der Waals surface area contributed by atoms with E-state index in [0.717, 1.165) is 33.8 Å². The van der Waals surface area contributed by atoms with Crippen LogP contribution in [0.4, 0.5) is 5.69 Å². The van der Waals surface area contributed by atoms with Gasteiger partial charge in [-0.05, 0) is 66.9 Å². The molecular formula is C36H40ClN3O5S. The monoisotopic (exact) mass is 661 g/mol. The molecule has 8 nitrogen and oxygen atoms in total. The molecule has 1 atom stereocenters. The topological polar surface area (TPSA) is 96.0 Å². The number of anilines is 1. The highest BCUT2D eigenvalue weighted by Gasteiger charge is 2.34. The number of nitrogens with zero attached hydrogens (tertiary/aromatic N) is 2. The molecule has 0 aliphatic rings. The number of methoxy groups -OCH3 is 1. The number of nitrogens with one attached hydrogen (secondary N) is 1. The molecule has 0 saturated carbocycles. The second kappa shape index (κ2) is 16.3. The molecule has 0 fully saturated rings. The first-order chi connectivity index (χ1) is 22.1. The van der Waals surface area contributed by atoms with E-state index in [2.05, 4.69) is 5.32 Å². The number of benzene rings is 4. The number of aryl methyl sites for hydroxylation is 1. The molecule has 4 aromatic rings. The van der Waals surface area contributed by atoms with E-state index in [-0.39, 0.29) is 29.5 Å². The molecular weight excluding hydrogens is 622 g/mol. The van der Waals surface area contributed by atoms with Crippen LogP contribution in [-0.2, 0) is 32.6 Å². The summed E-state index contributed by atoms with van der Waals surface area (Å²) >= 11 is 6.30. The molecule has 0 aliphatic carbocycles. The average molecular weight is 662 g/mol. The first-order valence-corrected chi connectivity index (χ1v) is 17.0. The van der Waals surface area contributed by atoms with Crippen molar-refractivity contribution in [3.05, 3.63) is 125 Å². The fourth-order valence-electron chi connectivity index (χ4n) is 4.99. The maximum atomic E-state index is 14.5. The first-order valence-electron chi connectivity index (χ1n) is 15.2. The van der Waals surface area contributed by atoms with Gasteiger partial charge in [-0.3, -0.25) is 13.9 Å². The van der Waals surface area contributed by atoms with Crippen molar-refractivity contribution in [2.24, 2.45) is 0 Å². The van der Waals surface area contributed by atoms with Crippen molar-refractivity contribution >= 4 is 39.1 Å². The molecule has 0 heterocycles. The SMILES string of the molecule is CCCCNC(=O)C(Cc1ccccc1)N(Cc1ccc(C)cc1)C(=O)CN(c1cccc(Cl)c1)S(=O)(=O)c1ccc(OC)cc1. The minimum absolute atomic E-state index is 0.0238. The molecule has 0 radical (unpaired) electrons. The summed E-state index contributed by atoms with van der Waals surface area (Å²) in [5.74, 6) is -0.347. The van der Waals surface area contributed by atoms with E-state index in [4.69, 9.17) is 16.3 Å². The third-order valence-electron chi connectivity index (χ3n) is 7.60. The van der Waals surface area contributed by atoms with Gasteiger partial charge in [0.2, 0.25) is 11.8 Å². The summed E-state index contributed by atoms with van der Waals surface area (Å²) in [6.45, 7) is 4.01. The van der Waals surface area contributed by atoms with Crippen molar-refractivity contribution in [1.29, 1.82) is 0 Å². The number of amides is 2. The van der Waals surface area contributed by atoms with Gasteiger partial charge in [-0.25, -0.2) is 8.42 Å². The van der Waals surface area contributed by atoms with Crippen molar-refractivity contribution in [3.63, 3.8) is 0 Å². The van der Waals surface area contributed by atoms with Gasteiger partial charge in [0.05, 0.1) is 17.7 Å². The Hall–Kier alpha value is -4.34. The zero-order chi connectivity index (χ0) is 33.1. The lowest BCUT2D eigenvalue weighted by molar-refractivity contribution is -0.140. The Bertz CT molecular complexity index is 1700. The summed E-state index contributed by atoms with van der Waals surface area (Å²) in [6.07, 6.45) is 1.94. The Morgan fingerprint density at radius 2 is 1.59 bits per heavy atom. The molecule has 0 aliphatic heterocycles. The number of unbranched alkanes of at least 4 members (excludes halogenated alkanes) is 1. The van der Waals surface area contributed by atoms with Crippen LogP contribution in [0.3, 0.4) is 0 Å². The van der Waals surface area contributed by atoms with Gasteiger partial charge in [-0.1, -0.05) is 91.2 Å². The molecule has 0 aromatic heterocycles. The molecule has 2 amide bonds. The van der Waals surface area contributed by atoms with E-state index >= 15 is 0 Å². The minimum atomic E-state index is -4.25. The predicted molar refractivity (Wildman–Crippen MR) is 183 cm³/mol. The van der Waals surface area contributed by atoms with Crippen LogP contribution in [0.25, 0.3) is 0 Å². The number of rotatable bonds is 15. The van der Waals surface area contributed by atoms with Crippen LogP contribution in [0.1, 0.15) is 36.5 Å². The highest BCUT2D eigenvalue weighted by atomic mass is 35.5. The maximum absolute atomic E-state index is 14.5.